The molecule has 15 heavy (non-hydrogen) atoms. The van der Waals surface area contributed by atoms with Crippen LogP contribution in [0.25, 0.3) is 0 Å². The molecule has 0 aromatic rings. The van der Waals surface area contributed by atoms with Crippen LogP contribution in [0.1, 0.15) is 19.8 Å². The highest BCUT2D eigenvalue weighted by Crippen LogP contribution is 2.09. The largest absolute Gasteiger partial charge is 0.465 e. The standard InChI is InChI=1S/C9H17F2NO3/c1-2-3-4-15-8(14)5-12-6-9(10,11)7-13/h12-13H,2-7H2,1H3. The van der Waals surface area contributed by atoms with Crippen LogP contribution in [0, 0.1) is 0 Å². The number of carbonyl (C=O) groups is 1. The van der Waals surface area contributed by atoms with Gasteiger partial charge in [0, 0.05) is 0 Å². The highest BCUT2D eigenvalue weighted by molar-refractivity contribution is 5.71. The number of unbranched alkanes of at least 4 members (excludes halogenated alkanes) is 1. The van der Waals surface area contributed by atoms with Crippen LogP contribution in [0.3, 0.4) is 0 Å². The quantitative estimate of drug-likeness (QED) is 0.468. The Morgan fingerprint density at radius 2 is 2.20 bits per heavy atom. The first-order valence-corrected chi connectivity index (χ1v) is 4.87. The van der Waals surface area contributed by atoms with Crippen LogP contribution >= 0.6 is 0 Å². The molecule has 0 heterocycles. The second-order valence-electron chi connectivity index (χ2n) is 3.19. The van der Waals surface area contributed by atoms with Crippen molar-refractivity contribution in [2.45, 2.75) is 25.7 Å². The van der Waals surface area contributed by atoms with E-state index < -0.39 is 25.0 Å². The van der Waals surface area contributed by atoms with Gasteiger partial charge in [0.2, 0.25) is 0 Å². The maximum Gasteiger partial charge on any atom is 0.319 e. The highest BCUT2D eigenvalue weighted by atomic mass is 19.3. The summed E-state index contributed by atoms with van der Waals surface area (Å²) >= 11 is 0. The summed E-state index contributed by atoms with van der Waals surface area (Å²) in [5.41, 5.74) is 0. The summed E-state index contributed by atoms with van der Waals surface area (Å²) in [6.07, 6.45) is 1.67. The first-order chi connectivity index (χ1) is 7.02. The number of carbonyl (C=O) groups excluding carboxylic acids is 1. The summed E-state index contributed by atoms with van der Waals surface area (Å²) in [6.45, 7) is 0.0395. The summed E-state index contributed by atoms with van der Waals surface area (Å²) in [4.78, 5) is 10.9. The van der Waals surface area contributed by atoms with Crippen LogP contribution in [-0.2, 0) is 9.53 Å². The Morgan fingerprint density at radius 1 is 1.53 bits per heavy atom. The molecule has 0 fully saturated rings. The molecular formula is C9H17F2NO3. The second kappa shape index (κ2) is 7.53. The van der Waals surface area contributed by atoms with E-state index >= 15 is 0 Å². The normalized spacial score (nSPS) is 11.5. The Balaban J connectivity index is 3.46. The van der Waals surface area contributed by atoms with Gasteiger partial charge in [-0.2, -0.15) is 0 Å². The van der Waals surface area contributed by atoms with Gasteiger partial charge in [-0.1, -0.05) is 13.3 Å². The van der Waals surface area contributed by atoms with Crippen molar-refractivity contribution in [1.82, 2.24) is 5.32 Å². The van der Waals surface area contributed by atoms with Crippen LogP contribution in [0.2, 0.25) is 0 Å². The summed E-state index contributed by atoms with van der Waals surface area (Å²) in [7, 11) is 0. The van der Waals surface area contributed by atoms with Crippen LogP contribution < -0.4 is 5.32 Å². The Morgan fingerprint density at radius 3 is 2.73 bits per heavy atom. The van der Waals surface area contributed by atoms with Gasteiger partial charge in [-0.05, 0) is 6.42 Å². The summed E-state index contributed by atoms with van der Waals surface area (Å²) < 4.78 is 29.6. The molecule has 6 heteroatoms. The fourth-order valence-corrected chi connectivity index (χ4v) is 0.785. The summed E-state index contributed by atoms with van der Waals surface area (Å²) in [6, 6.07) is 0. The van der Waals surface area contributed by atoms with Crippen molar-refractivity contribution in [2.24, 2.45) is 0 Å². The van der Waals surface area contributed by atoms with Crippen molar-refractivity contribution in [3.05, 3.63) is 0 Å². The van der Waals surface area contributed by atoms with E-state index in [1.807, 2.05) is 6.92 Å². The maximum absolute atomic E-state index is 12.4. The fourth-order valence-electron chi connectivity index (χ4n) is 0.785. The van der Waals surface area contributed by atoms with Crippen molar-refractivity contribution in [1.29, 1.82) is 0 Å². The number of rotatable bonds is 8. The number of nitrogens with one attached hydrogen (secondary N) is 1. The Kier molecular flexibility index (Phi) is 7.15. The molecule has 4 nitrogen and oxygen atoms in total. The van der Waals surface area contributed by atoms with Crippen molar-refractivity contribution in [2.75, 3.05) is 26.3 Å². The third-order valence-corrected chi connectivity index (χ3v) is 1.65. The number of hydrogen-bond acceptors (Lipinski definition) is 4. The molecule has 0 atom stereocenters. The van der Waals surface area contributed by atoms with E-state index in [4.69, 9.17) is 9.84 Å². The molecule has 90 valence electrons. The number of alkyl halides is 2. The second-order valence-corrected chi connectivity index (χ2v) is 3.19. The molecule has 0 amide bonds. The predicted molar refractivity (Wildman–Crippen MR) is 50.8 cm³/mol. The number of hydrogen-bond donors (Lipinski definition) is 2. The molecule has 0 saturated heterocycles. The van der Waals surface area contributed by atoms with E-state index in [0.29, 0.717) is 6.61 Å². The van der Waals surface area contributed by atoms with Crippen molar-refractivity contribution in [3.8, 4) is 0 Å². The van der Waals surface area contributed by atoms with Gasteiger partial charge >= 0.3 is 5.97 Å². The zero-order valence-corrected chi connectivity index (χ0v) is 8.76. The average molecular weight is 225 g/mol. The highest BCUT2D eigenvalue weighted by Gasteiger charge is 2.27. The lowest BCUT2D eigenvalue weighted by Crippen LogP contribution is -2.38. The van der Waals surface area contributed by atoms with Gasteiger partial charge < -0.3 is 15.2 Å². The molecule has 2 N–H and O–H groups in total. The summed E-state index contributed by atoms with van der Waals surface area (Å²) in [5, 5.41) is 10.4. The molecule has 0 aromatic carbocycles. The molecule has 0 rings (SSSR count). The van der Waals surface area contributed by atoms with Crippen LogP contribution in [0.4, 0.5) is 8.78 Å². The molecule has 0 aliphatic carbocycles. The van der Waals surface area contributed by atoms with Crippen LogP contribution in [0.15, 0.2) is 0 Å². The molecule has 0 bridgehead atoms. The average Bonchev–Trinajstić information content (AvgIpc) is 2.18. The van der Waals surface area contributed by atoms with Crippen molar-refractivity contribution in [3.63, 3.8) is 0 Å². The SMILES string of the molecule is CCCCOC(=O)CNCC(F)(F)CO. The Labute approximate surface area is 87.6 Å². The van der Waals surface area contributed by atoms with Crippen LogP contribution in [-0.4, -0.2) is 43.3 Å². The van der Waals surface area contributed by atoms with Gasteiger partial charge in [0.25, 0.3) is 5.92 Å². The van der Waals surface area contributed by atoms with Crippen LogP contribution in [0.5, 0.6) is 0 Å². The topological polar surface area (TPSA) is 58.6 Å². The molecule has 0 aliphatic rings. The first-order valence-electron chi connectivity index (χ1n) is 4.87. The zero-order valence-electron chi connectivity index (χ0n) is 8.76. The van der Waals surface area contributed by atoms with Gasteiger partial charge in [0.1, 0.15) is 6.61 Å². The zero-order chi connectivity index (χ0) is 11.7. The van der Waals surface area contributed by atoms with E-state index in [0.717, 1.165) is 12.8 Å². The number of aliphatic hydroxyl groups excluding tert-OH is 1. The van der Waals surface area contributed by atoms with Gasteiger partial charge in [0.15, 0.2) is 0 Å². The lowest BCUT2D eigenvalue weighted by molar-refractivity contribution is -0.143. The van der Waals surface area contributed by atoms with Gasteiger partial charge in [-0.25, -0.2) is 8.78 Å². The molecule has 0 saturated carbocycles. The minimum atomic E-state index is -3.19. The monoisotopic (exact) mass is 225 g/mol. The number of ether oxygens (including phenoxy) is 1. The third kappa shape index (κ3) is 8.26. The third-order valence-electron chi connectivity index (χ3n) is 1.65. The maximum atomic E-state index is 12.4. The van der Waals surface area contributed by atoms with Gasteiger partial charge in [0.05, 0.1) is 19.7 Å². The number of aliphatic hydroxyl groups is 1. The fraction of sp³-hybridized carbons (Fsp3) is 0.889. The van der Waals surface area contributed by atoms with E-state index in [1.165, 1.54) is 0 Å². The molecule has 0 spiro atoms. The van der Waals surface area contributed by atoms with E-state index in [1.54, 1.807) is 0 Å². The van der Waals surface area contributed by atoms with Gasteiger partial charge in [-0.15, -0.1) is 0 Å². The molecule has 0 unspecified atom stereocenters. The Hall–Kier alpha value is -0.750. The number of esters is 1. The van der Waals surface area contributed by atoms with E-state index in [9.17, 15) is 13.6 Å². The van der Waals surface area contributed by atoms with Gasteiger partial charge in [-0.3, -0.25) is 4.79 Å². The predicted octanol–water partition coefficient (Wildman–Crippen LogP) is 0.547. The van der Waals surface area contributed by atoms with Crippen molar-refractivity contribution < 1.29 is 23.4 Å². The van der Waals surface area contributed by atoms with E-state index in [-0.39, 0.29) is 6.54 Å². The summed E-state index contributed by atoms with van der Waals surface area (Å²) in [5.74, 6) is -3.75. The van der Waals surface area contributed by atoms with E-state index in [2.05, 4.69) is 5.32 Å². The molecule has 0 radical (unpaired) electrons. The molecule has 0 aromatic heterocycles. The molecule has 0 aliphatic heterocycles. The minimum absolute atomic E-state index is 0.265. The lowest BCUT2D eigenvalue weighted by atomic mass is 10.3. The smallest absolute Gasteiger partial charge is 0.319 e. The first kappa shape index (κ1) is 14.2. The molecular weight excluding hydrogens is 208 g/mol. The Bertz CT molecular complexity index is 188. The minimum Gasteiger partial charge on any atom is -0.465 e. The van der Waals surface area contributed by atoms with Crippen molar-refractivity contribution >= 4 is 5.97 Å². The number of halogens is 2. The lowest BCUT2D eigenvalue weighted by Gasteiger charge is -2.13.